The van der Waals surface area contributed by atoms with Gasteiger partial charge in [-0.2, -0.15) is 0 Å². The fraction of sp³-hybridized carbons (Fsp3) is 0.429. The SMILES string of the molecule is CN(Cc1cc(-c2ccccc2)on1)C(=O)c1cn(C2CC2)cc(C(=O)NC2CCCCCC2)c1=O. The molecular formula is C28H32N4O4. The molecule has 0 radical (unpaired) electrons. The zero-order chi connectivity index (χ0) is 25.1. The van der Waals surface area contributed by atoms with Gasteiger partial charge in [0.2, 0.25) is 5.43 Å². The minimum atomic E-state index is -0.528. The minimum Gasteiger partial charge on any atom is -0.356 e. The van der Waals surface area contributed by atoms with E-state index in [1.165, 1.54) is 17.7 Å². The fourth-order valence-electron chi connectivity index (χ4n) is 4.83. The quantitative estimate of drug-likeness (QED) is 0.492. The predicted octanol–water partition coefficient (Wildman–Crippen LogP) is 4.56. The van der Waals surface area contributed by atoms with Crippen LogP contribution in [0.2, 0.25) is 0 Å². The first kappa shape index (κ1) is 24.0. The first-order valence-corrected chi connectivity index (χ1v) is 12.8. The van der Waals surface area contributed by atoms with Gasteiger partial charge in [-0.1, -0.05) is 61.2 Å². The van der Waals surface area contributed by atoms with Gasteiger partial charge in [-0.05, 0) is 25.7 Å². The van der Waals surface area contributed by atoms with Crippen molar-refractivity contribution in [3.63, 3.8) is 0 Å². The van der Waals surface area contributed by atoms with Crippen molar-refractivity contribution in [3.8, 4) is 11.3 Å². The van der Waals surface area contributed by atoms with Crippen molar-refractivity contribution >= 4 is 11.8 Å². The van der Waals surface area contributed by atoms with Crippen LogP contribution in [-0.4, -0.2) is 39.5 Å². The van der Waals surface area contributed by atoms with Crippen LogP contribution >= 0.6 is 0 Å². The Hall–Kier alpha value is -3.68. The van der Waals surface area contributed by atoms with Gasteiger partial charge in [-0.3, -0.25) is 14.4 Å². The standard InChI is InChI=1S/C28H32N4O4/c1-31(16-21-15-25(36-30-21)19-9-5-4-6-10-19)28(35)24-18-32(22-13-14-22)17-23(26(24)33)27(34)29-20-11-7-2-3-8-12-20/h4-6,9-10,15,17-18,20,22H,2-3,7-8,11-14,16H2,1H3,(H,29,34). The Balaban J connectivity index is 1.35. The van der Waals surface area contributed by atoms with E-state index in [4.69, 9.17) is 4.52 Å². The summed E-state index contributed by atoms with van der Waals surface area (Å²) >= 11 is 0. The Bertz CT molecular complexity index is 1280. The summed E-state index contributed by atoms with van der Waals surface area (Å²) in [5, 5.41) is 7.15. The number of rotatable bonds is 7. The van der Waals surface area contributed by atoms with E-state index >= 15 is 0 Å². The van der Waals surface area contributed by atoms with Crippen LogP contribution in [0, 0.1) is 0 Å². The highest BCUT2D eigenvalue weighted by Gasteiger charge is 2.29. The molecule has 8 nitrogen and oxygen atoms in total. The molecule has 0 saturated heterocycles. The molecule has 36 heavy (non-hydrogen) atoms. The third-order valence-electron chi connectivity index (χ3n) is 7.04. The number of pyridine rings is 1. The second-order valence-corrected chi connectivity index (χ2v) is 9.96. The molecule has 5 rings (SSSR count). The van der Waals surface area contributed by atoms with Gasteiger partial charge < -0.3 is 19.3 Å². The lowest BCUT2D eigenvalue weighted by Gasteiger charge is -2.19. The molecule has 2 fully saturated rings. The fourth-order valence-corrected chi connectivity index (χ4v) is 4.83. The van der Waals surface area contributed by atoms with Crippen molar-refractivity contribution in [2.75, 3.05) is 7.05 Å². The van der Waals surface area contributed by atoms with E-state index in [1.54, 1.807) is 25.5 Å². The summed E-state index contributed by atoms with van der Waals surface area (Å²) in [6, 6.07) is 11.7. The molecule has 2 aliphatic rings. The largest absolute Gasteiger partial charge is 0.356 e. The number of hydrogen-bond donors (Lipinski definition) is 1. The average Bonchev–Trinajstić information content (AvgIpc) is 3.68. The van der Waals surface area contributed by atoms with Crippen molar-refractivity contribution in [3.05, 3.63) is 75.8 Å². The molecule has 1 aromatic carbocycles. The number of benzene rings is 1. The second-order valence-electron chi connectivity index (χ2n) is 9.96. The molecule has 0 spiro atoms. The molecule has 2 saturated carbocycles. The zero-order valence-electron chi connectivity index (χ0n) is 20.6. The van der Waals surface area contributed by atoms with Crippen molar-refractivity contribution in [2.45, 2.75) is 70.0 Å². The third kappa shape index (κ3) is 5.42. The first-order chi connectivity index (χ1) is 17.5. The van der Waals surface area contributed by atoms with E-state index in [-0.39, 0.29) is 35.7 Å². The summed E-state index contributed by atoms with van der Waals surface area (Å²) in [7, 11) is 1.62. The van der Waals surface area contributed by atoms with Crippen LogP contribution in [0.5, 0.6) is 0 Å². The van der Waals surface area contributed by atoms with E-state index < -0.39 is 11.3 Å². The van der Waals surface area contributed by atoms with Gasteiger partial charge in [0.1, 0.15) is 16.8 Å². The first-order valence-electron chi connectivity index (χ1n) is 12.8. The van der Waals surface area contributed by atoms with Gasteiger partial charge in [0.25, 0.3) is 11.8 Å². The minimum absolute atomic E-state index is 0.00435. The van der Waals surface area contributed by atoms with Crippen LogP contribution in [0.25, 0.3) is 11.3 Å². The Kier molecular flexibility index (Phi) is 7.02. The molecular weight excluding hydrogens is 456 g/mol. The molecule has 2 aromatic heterocycles. The molecule has 3 aromatic rings. The molecule has 8 heteroatoms. The van der Waals surface area contributed by atoms with Gasteiger partial charge in [0, 0.05) is 43.2 Å². The molecule has 0 aliphatic heterocycles. The van der Waals surface area contributed by atoms with Crippen molar-refractivity contribution in [2.24, 2.45) is 0 Å². The smallest absolute Gasteiger partial charge is 0.259 e. The molecule has 0 unspecified atom stereocenters. The maximum atomic E-state index is 13.4. The van der Waals surface area contributed by atoms with Crippen molar-refractivity contribution in [1.29, 1.82) is 0 Å². The van der Waals surface area contributed by atoms with Crippen molar-refractivity contribution in [1.82, 2.24) is 19.9 Å². The molecule has 1 N–H and O–H groups in total. The summed E-state index contributed by atoms with van der Waals surface area (Å²) in [4.78, 5) is 41.3. The topological polar surface area (TPSA) is 97.4 Å². The van der Waals surface area contributed by atoms with Gasteiger partial charge >= 0.3 is 0 Å². The van der Waals surface area contributed by atoms with Gasteiger partial charge in [-0.15, -0.1) is 0 Å². The number of hydrogen-bond acceptors (Lipinski definition) is 5. The van der Waals surface area contributed by atoms with Gasteiger partial charge in [0.15, 0.2) is 5.76 Å². The number of aromatic nitrogens is 2. The molecule has 188 valence electrons. The lowest BCUT2D eigenvalue weighted by Crippen LogP contribution is -2.39. The highest BCUT2D eigenvalue weighted by molar-refractivity contribution is 5.99. The Morgan fingerprint density at radius 1 is 1.03 bits per heavy atom. The summed E-state index contributed by atoms with van der Waals surface area (Å²) < 4.78 is 7.30. The number of carbonyl (C=O) groups excluding carboxylic acids is 2. The van der Waals surface area contributed by atoms with E-state index in [9.17, 15) is 14.4 Å². The second kappa shape index (κ2) is 10.5. The summed E-state index contributed by atoms with van der Waals surface area (Å²) in [6.45, 7) is 0.177. The Morgan fingerprint density at radius 3 is 2.42 bits per heavy atom. The van der Waals surface area contributed by atoms with Gasteiger partial charge in [0.05, 0.1) is 6.54 Å². The maximum absolute atomic E-state index is 13.4. The van der Waals surface area contributed by atoms with Crippen LogP contribution < -0.4 is 10.7 Å². The number of carbonyl (C=O) groups is 2. The molecule has 2 amide bonds. The summed E-state index contributed by atoms with van der Waals surface area (Å²) in [5.74, 6) is -0.217. The number of nitrogens with zero attached hydrogens (tertiary/aromatic N) is 3. The molecule has 0 bridgehead atoms. The van der Waals surface area contributed by atoms with E-state index in [0.29, 0.717) is 11.5 Å². The van der Waals surface area contributed by atoms with Gasteiger partial charge in [-0.25, -0.2) is 0 Å². The van der Waals surface area contributed by atoms with Crippen molar-refractivity contribution < 1.29 is 14.1 Å². The third-order valence-corrected chi connectivity index (χ3v) is 7.04. The van der Waals surface area contributed by atoms with E-state index in [2.05, 4.69) is 10.5 Å². The lowest BCUT2D eigenvalue weighted by atomic mass is 10.1. The predicted molar refractivity (Wildman–Crippen MR) is 136 cm³/mol. The Morgan fingerprint density at radius 2 is 1.72 bits per heavy atom. The monoisotopic (exact) mass is 488 g/mol. The van der Waals surface area contributed by atoms with E-state index in [1.807, 2.05) is 34.9 Å². The van der Waals surface area contributed by atoms with Crippen LogP contribution in [0.15, 0.2) is 58.1 Å². The molecule has 2 aliphatic carbocycles. The lowest BCUT2D eigenvalue weighted by molar-refractivity contribution is 0.0780. The average molecular weight is 489 g/mol. The summed E-state index contributed by atoms with van der Waals surface area (Å²) in [6.07, 6.45) is 11.5. The Labute approximate surface area is 210 Å². The highest BCUT2D eigenvalue weighted by atomic mass is 16.5. The van der Waals surface area contributed by atoms with E-state index in [0.717, 1.165) is 44.1 Å². The maximum Gasteiger partial charge on any atom is 0.259 e. The molecule has 0 atom stereocenters. The van der Waals surface area contributed by atoms with Crippen LogP contribution in [0.4, 0.5) is 0 Å². The number of nitrogens with one attached hydrogen (secondary N) is 1. The zero-order valence-corrected chi connectivity index (χ0v) is 20.6. The number of amides is 2. The van der Waals surface area contributed by atoms with Crippen LogP contribution in [-0.2, 0) is 6.54 Å². The normalized spacial score (nSPS) is 16.4. The summed E-state index contributed by atoms with van der Waals surface area (Å²) in [5.41, 5.74) is 0.988. The highest BCUT2D eigenvalue weighted by Crippen LogP contribution is 2.34. The van der Waals surface area contributed by atoms with Crippen LogP contribution in [0.1, 0.15) is 83.8 Å². The van der Waals surface area contributed by atoms with Crippen LogP contribution in [0.3, 0.4) is 0 Å². The molecule has 2 heterocycles.